The summed E-state index contributed by atoms with van der Waals surface area (Å²) in [6.07, 6.45) is 0.924. The van der Waals surface area contributed by atoms with Crippen molar-refractivity contribution in [2.45, 2.75) is 25.3 Å². The Morgan fingerprint density at radius 3 is 2.35 bits per heavy atom. The molecule has 0 atom stereocenters. The summed E-state index contributed by atoms with van der Waals surface area (Å²) >= 11 is 0. The number of ether oxygens (including phenoxy) is 2. The molecule has 0 saturated heterocycles. The van der Waals surface area contributed by atoms with Gasteiger partial charge in [-0.15, -0.1) is 0 Å². The van der Waals surface area contributed by atoms with Gasteiger partial charge in [-0.3, -0.25) is 4.79 Å². The SMILES string of the molecule is CCOc1ccccc1OCC(=O)NC1(C(=O)O)CC1. The smallest absolute Gasteiger partial charge is 0.329 e. The van der Waals surface area contributed by atoms with Gasteiger partial charge in [0.15, 0.2) is 18.1 Å². The van der Waals surface area contributed by atoms with E-state index >= 15 is 0 Å². The maximum atomic E-state index is 11.7. The fraction of sp³-hybridized carbons (Fsp3) is 0.429. The summed E-state index contributed by atoms with van der Waals surface area (Å²) in [6, 6.07) is 7.02. The molecule has 0 aromatic heterocycles. The summed E-state index contributed by atoms with van der Waals surface area (Å²) in [6.45, 7) is 2.11. The molecule has 1 aliphatic carbocycles. The number of amides is 1. The third-order valence-corrected chi connectivity index (χ3v) is 3.05. The van der Waals surface area contributed by atoms with Crippen LogP contribution in [0.2, 0.25) is 0 Å². The number of nitrogens with one attached hydrogen (secondary N) is 1. The molecule has 1 saturated carbocycles. The van der Waals surface area contributed by atoms with E-state index in [0.717, 1.165) is 0 Å². The second kappa shape index (κ2) is 5.81. The van der Waals surface area contributed by atoms with Gasteiger partial charge in [0.1, 0.15) is 5.54 Å². The zero-order valence-electron chi connectivity index (χ0n) is 11.2. The van der Waals surface area contributed by atoms with E-state index < -0.39 is 17.4 Å². The number of para-hydroxylation sites is 2. The van der Waals surface area contributed by atoms with E-state index in [-0.39, 0.29) is 6.61 Å². The van der Waals surface area contributed by atoms with Crippen molar-refractivity contribution in [3.05, 3.63) is 24.3 Å². The molecule has 6 nitrogen and oxygen atoms in total. The zero-order valence-corrected chi connectivity index (χ0v) is 11.2. The first kappa shape index (κ1) is 14.2. The van der Waals surface area contributed by atoms with Crippen LogP contribution in [0.3, 0.4) is 0 Å². The van der Waals surface area contributed by atoms with Crippen LogP contribution in [0, 0.1) is 0 Å². The summed E-state index contributed by atoms with van der Waals surface area (Å²) in [5.41, 5.74) is -1.08. The molecule has 108 valence electrons. The van der Waals surface area contributed by atoms with Gasteiger partial charge in [0.05, 0.1) is 6.61 Å². The first-order chi connectivity index (χ1) is 9.57. The predicted molar refractivity (Wildman–Crippen MR) is 70.8 cm³/mol. The number of carboxylic acids is 1. The van der Waals surface area contributed by atoms with Crippen LogP contribution >= 0.6 is 0 Å². The highest BCUT2D eigenvalue weighted by Crippen LogP contribution is 2.35. The van der Waals surface area contributed by atoms with Crippen LogP contribution < -0.4 is 14.8 Å². The number of aliphatic carboxylic acids is 1. The largest absolute Gasteiger partial charge is 0.490 e. The van der Waals surface area contributed by atoms with Crippen LogP contribution in [0.5, 0.6) is 11.5 Å². The predicted octanol–water partition coefficient (Wildman–Crippen LogP) is 1.20. The molecule has 1 aliphatic rings. The summed E-state index contributed by atoms with van der Waals surface area (Å²) < 4.78 is 10.7. The molecular formula is C14H17NO5. The third kappa shape index (κ3) is 3.20. The average molecular weight is 279 g/mol. The molecular weight excluding hydrogens is 262 g/mol. The maximum Gasteiger partial charge on any atom is 0.329 e. The molecule has 0 aliphatic heterocycles. The van der Waals surface area contributed by atoms with E-state index in [0.29, 0.717) is 30.9 Å². The highest BCUT2D eigenvalue weighted by molar-refractivity contribution is 5.90. The van der Waals surface area contributed by atoms with Crippen LogP contribution in [0.4, 0.5) is 0 Å². The van der Waals surface area contributed by atoms with Gasteiger partial charge >= 0.3 is 5.97 Å². The Kier molecular flexibility index (Phi) is 4.12. The normalized spacial score (nSPS) is 15.2. The van der Waals surface area contributed by atoms with Crippen LogP contribution in [0.1, 0.15) is 19.8 Å². The van der Waals surface area contributed by atoms with Crippen molar-refractivity contribution >= 4 is 11.9 Å². The molecule has 1 aromatic rings. The molecule has 1 fully saturated rings. The van der Waals surface area contributed by atoms with Crippen LogP contribution in [0.25, 0.3) is 0 Å². The highest BCUT2D eigenvalue weighted by Gasteiger charge is 2.51. The second-order valence-corrected chi connectivity index (χ2v) is 4.60. The molecule has 1 amide bonds. The molecule has 20 heavy (non-hydrogen) atoms. The molecule has 0 spiro atoms. The summed E-state index contributed by atoms with van der Waals surface area (Å²) in [4.78, 5) is 22.7. The van der Waals surface area contributed by atoms with Crippen molar-refractivity contribution in [3.8, 4) is 11.5 Å². The van der Waals surface area contributed by atoms with Gasteiger partial charge < -0.3 is 19.9 Å². The standard InChI is InChI=1S/C14H17NO5/c1-2-19-10-5-3-4-6-11(10)20-9-12(16)15-14(7-8-14)13(17)18/h3-6H,2,7-9H2,1H3,(H,15,16)(H,17,18). The molecule has 6 heteroatoms. The number of hydrogen-bond donors (Lipinski definition) is 2. The molecule has 2 N–H and O–H groups in total. The Morgan fingerprint density at radius 1 is 1.25 bits per heavy atom. The third-order valence-electron chi connectivity index (χ3n) is 3.05. The Balaban J connectivity index is 1.89. The Labute approximate surface area is 116 Å². The molecule has 0 unspecified atom stereocenters. The Bertz CT molecular complexity index is 510. The lowest BCUT2D eigenvalue weighted by atomic mass is 10.3. The minimum Gasteiger partial charge on any atom is -0.490 e. The molecule has 1 aromatic carbocycles. The minimum absolute atomic E-state index is 0.237. The van der Waals surface area contributed by atoms with E-state index in [2.05, 4.69) is 5.32 Å². The lowest BCUT2D eigenvalue weighted by Gasteiger charge is -2.14. The number of hydrogen-bond acceptors (Lipinski definition) is 4. The van der Waals surface area contributed by atoms with Gasteiger partial charge in [-0.1, -0.05) is 12.1 Å². The lowest BCUT2D eigenvalue weighted by molar-refractivity contribution is -0.143. The fourth-order valence-electron chi connectivity index (χ4n) is 1.81. The summed E-state index contributed by atoms with van der Waals surface area (Å²) in [5, 5.41) is 11.5. The van der Waals surface area contributed by atoms with Gasteiger partial charge in [-0.2, -0.15) is 0 Å². The summed E-state index contributed by atoms with van der Waals surface area (Å²) in [7, 11) is 0. The molecule has 0 bridgehead atoms. The van der Waals surface area contributed by atoms with Crippen molar-refractivity contribution in [2.24, 2.45) is 0 Å². The van der Waals surface area contributed by atoms with Crippen molar-refractivity contribution in [1.29, 1.82) is 0 Å². The Morgan fingerprint density at radius 2 is 1.85 bits per heavy atom. The van der Waals surface area contributed by atoms with Gasteiger partial charge in [-0.05, 0) is 31.9 Å². The van der Waals surface area contributed by atoms with Gasteiger partial charge in [0, 0.05) is 0 Å². The van der Waals surface area contributed by atoms with E-state index in [4.69, 9.17) is 14.6 Å². The van der Waals surface area contributed by atoms with E-state index in [1.165, 1.54) is 0 Å². The van der Waals surface area contributed by atoms with Crippen LogP contribution in [-0.4, -0.2) is 35.7 Å². The second-order valence-electron chi connectivity index (χ2n) is 4.60. The minimum atomic E-state index is -1.08. The zero-order chi connectivity index (χ0) is 14.6. The number of carbonyl (C=O) groups excluding carboxylic acids is 1. The average Bonchev–Trinajstić information content (AvgIpc) is 3.19. The van der Waals surface area contributed by atoms with E-state index in [1.807, 2.05) is 13.0 Å². The first-order valence-electron chi connectivity index (χ1n) is 6.46. The number of carbonyl (C=O) groups is 2. The maximum absolute atomic E-state index is 11.7. The lowest BCUT2D eigenvalue weighted by Crippen LogP contribution is -2.45. The van der Waals surface area contributed by atoms with Gasteiger partial charge in [-0.25, -0.2) is 4.79 Å². The van der Waals surface area contributed by atoms with Crippen molar-refractivity contribution in [2.75, 3.05) is 13.2 Å². The monoisotopic (exact) mass is 279 g/mol. The van der Waals surface area contributed by atoms with E-state index in [9.17, 15) is 9.59 Å². The number of rotatable bonds is 7. The van der Waals surface area contributed by atoms with Gasteiger partial charge in [0.25, 0.3) is 5.91 Å². The molecule has 2 rings (SSSR count). The van der Waals surface area contributed by atoms with Crippen molar-refractivity contribution < 1.29 is 24.2 Å². The van der Waals surface area contributed by atoms with Crippen LogP contribution in [0.15, 0.2) is 24.3 Å². The number of carboxylic acid groups (broad SMARTS) is 1. The molecule has 0 radical (unpaired) electrons. The summed E-state index contributed by atoms with van der Waals surface area (Å²) in [5.74, 6) is -0.427. The van der Waals surface area contributed by atoms with Gasteiger partial charge in [0.2, 0.25) is 0 Å². The molecule has 0 heterocycles. The van der Waals surface area contributed by atoms with Crippen LogP contribution in [-0.2, 0) is 9.59 Å². The van der Waals surface area contributed by atoms with E-state index in [1.54, 1.807) is 18.2 Å². The van der Waals surface area contributed by atoms with Crippen molar-refractivity contribution in [3.63, 3.8) is 0 Å². The topological polar surface area (TPSA) is 84.9 Å². The highest BCUT2D eigenvalue weighted by atomic mass is 16.5. The fourth-order valence-corrected chi connectivity index (χ4v) is 1.81. The quantitative estimate of drug-likeness (QED) is 0.783. The Hall–Kier alpha value is -2.24. The number of benzene rings is 1. The first-order valence-corrected chi connectivity index (χ1v) is 6.46. The van der Waals surface area contributed by atoms with Crippen molar-refractivity contribution in [1.82, 2.24) is 5.32 Å².